The number of anilines is 1. The lowest BCUT2D eigenvalue weighted by Gasteiger charge is -2.09. The van der Waals surface area contributed by atoms with Crippen molar-refractivity contribution in [1.82, 2.24) is 4.98 Å². The van der Waals surface area contributed by atoms with Gasteiger partial charge in [0.25, 0.3) is 0 Å². The minimum atomic E-state index is -4.43. The van der Waals surface area contributed by atoms with Gasteiger partial charge in [0.15, 0.2) is 0 Å². The van der Waals surface area contributed by atoms with E-state index in [1.807, 2.05) is 0 Å². The fourth-order valence-corrected chi connectivity index (χ4v) is 1.74. The highest BCUT2D eigenvalue weighted by molar-refractivity contribution is 7.89. The second-order valence-electron chi connectivity index (χ2n) is 3.57. The summed E-state index contributed by atoms with van der Waals surface area (Å²) in [5.74, 6) is -0.196. The van der Waals surface area contributed by atoms with Crippen molar-refractivity contribution in [2.24, 2.45) is 5.14 Å². The van der Waals surface area contributed by atoms with Gasteiger partial charge in [0, 0.05) is 12.7 Å². The van der Waals surface area contributed by atoms with Crippen LogP contribution in [0.5, 0.6) is 0 Å². The van der Waals surface area contributed by atoms with Crippen LogP contribution in [0.2, 0.25) is 0 Å². The summed E-state index contributed by atoms with van der Waals surface area (Å²) in [6.07, 6.45) is -3.21. The Morgan fingerprint density at radius 3 is 2.61 bits per heavy atom. The van der Waals surface area contributed by atoms with Crippen LogP contribution in [0.1, 0.15) is 12.0 Å². The molecule has 0 amide bonds. The smallest absolute Gasteiger partial charge is 0.370 e. The number of sulfonamides is 1. The van der Waals surface area contributed by atoms with Crippen LogP contribution >= 0.6 is 0 Å². The lowest BCUT2D eigenvalue weighted by atomic mass is 10.2. The van der Waals surface area contributed by atoms with Crippen molar-refractivity contribution in [2.75, 3.05) is 17.6 Å². The van der Waals surface area contributed by atoms with Crippen LogP contribution in [0.15, 0.2) is 18.3 Å². The third-order valence-corrected chi connectivity index (χ3v) is 2.86. The fourth-order valence-electron chi connectivity index (χ4n) is 1.19. The van der Waals surface area contributed by atoms with E-state index in [9.17, 15) is 21.6 Å². The maximum Gasteiger partial charge on any atom is 0.416 e. The molecule has 0 radical (unpaired) electrons. The first-order valence-corrected chi connectivity index (χ1v) is 6.67. The second kappa shape index (κ2) is 5.53. The third-order valence-electron chi connectivity index (χ3n) is 2.00. The highest BCUT2D eigenvalue weighted by Crippen LogP contribution is 2.29. The Balaban J connectivity index is 2.53. The molecule has 0 saturated heterocycles. The van der Waals surface area contributed by atoms with Crippen molar-refractivity contribution in [3.05, 3.63) is 23.9 Å². The Morgan fingerprint density at radius 2 is 2.06 bits per heavy atom. The molecule has 1 heterocycles. The quantitative estimate of drug-likeness (QED) is 0.795. The van der Waals surface area contributed by atoms with Crippen LogP contribution in [0, 0.1) is 0 Å². The van der Waals surface area contributed by atoms with Crippen LogP contribution in [-0.4, -0.2) is 25.7 Å². The molecule has 0 aromatic carbocycles. The molecular weight excluding hydrogens is 271 g/mol. The molecule has 18 heavy (non-hydrogen) atoms. The minimum absolute atomic E-state index is 0.0410. The summed E-state index contributed by atoms with van der Waals surface area (Å²) >= 11 is 0. The van der Waals surface area contributed by atoms with Gasteiger partial charge in [-0.15, -0.1) is 0 Å². The Bertz CT molecular complexity index is 502. The number of nitrogens with zero attached hydrogens (tertiary/aromatic N) is 1. The van der Waals surface area contributed by atoms with Gasteiger partial charge < -0.3 is 5.32 Å². The lowest BCUT2D eigenvalue weighted by Crippen LogP contribution is -2.19. The standard InChI is InChI=1S/C9H12F3N3O2S/c10-9(11,12)7-2-4-15-8(6-7)14-3-1-5-18(13,16)17/h2,4,6H,1,3,5H2,(H,14,15)(H2,13,16,17). The number of pyridine rings is 1. The van der Waals surface area contributed by atoms with E-state index < -0.39 is 21.8 Å². The van der Waals surface area contributed by atoms with E-state index in [1.54, 1.807) is 0 Å². The molecule has 1 rings (SSSR count). The van der Waals surface area contributed by atoms with Crippen LogP contribution in [-0.2, 0) is 16.2 Å². The van der Waals surface area contributed by atoms with Crippen molar-refractivity contribution in [2.45, 2.75) is 12.6 Å². The van der Waals surface area contributed by atoms with Gasteiger partial charge in [-0.2, -0.15) is 13.2 Å². The van der Waals surface area contributed by atoms with Gasteiger partial charge in [-0.3, -0.25) is 0 Å². The molecule has 0 saturated carbocycles. The number of primary sulfonamides is 1. The predicted octanol–water partition coefficient (Wildman–Crippen LogP) is 1.19. The Labute approximate surface area is 102 Å². The summed E-state index contributed by atoms with van der Waals surface area (Å²) in [5, 5.41) is 7.37. The Kier molecular flexibility index (Phi) is 4.52. The van der Waals surface area contributed by atoms with Crippen molar-refractivity contribution >= 4 is 15.8 Å². The van der Waals surface area contributed by atoms with Crippen LogP contribution in [0.25, 0.3) is 0 Å². The number of nitrogens with two attached hydrogens (primary N) is 1. The zero-order valence-corrected chi connectivity index (χ0v) is 10.1. The molecule has 0 unspecified atom stereocenters. The Hall–Kier alpha value is -1.35. The number of halogens is 3. The highest BCUT2D eigenvalue weighted by Gasteiger charge is 2.30. The largest absolute Gasteiger partial charge is 0.416 e. The lowest BCUT2D eigenvalue weighted by molar-refractivity contribution is -0.137. The van der Waals surface area contributed by atoms with Gasteiger partial charge in [0.1, 0.15) is 5.82 Å². The molecule has 0 atom stereocenters. The topological polar surface area (TPSA) is 85.1 Å². The second-order valence-corrected chi connectivity index (χ2v) is 5.31. The first kappa shape index (κ1) is 14.7. The van der Waals surface area contributed by atoms with Crippen molar-refractivity contribution in [3.63, 3.8) is 0 Å². The first-order chi connectivity index (χ1) is 8.18. The summed E-state index contributed by atoms with van der Waals surface area (Å²) in [5.41, 5.74) is -0.813. The van der Waals surface area contributed by atoms with Gasteiger partial charge >= 0.3 is 6.18 Å². The molecule has 3 N–H and O–H groups in total. The molecule has 1 aromatic heterocycles. The zero-order chi connectivity index (χ0) is 13.8. The molecule has 1 aromatic rings. The number of aromatic nitrogens is 1. The summed E-state index contributed by atoms with van der Waals surface area (Å²) < 4.78 is 58.3. The normalized spacial score (nSPS) is 12.4. The maximum atomic E-state index is 12.4. The average Bonchev–Trinajstić information content (AvgIpc) is 2.22. The molecule has 0 aliphatic carbocycles. The van der Waals surface area contributed by atoms with E-state index >= 15 is 0 Å². The molecular formula is C9H12F3N3O2S. The Morgan fingerprint density at radius 1 is 1.39 bits per heavy atom. The number of hydrogen-bond donors (Lipinski definition) is 2. The van der Waals surface area contributed by atoms with Gasteiger partial charge in [-0.05, 0) is 18.6 Å². The van der Waals surface area contributed by atoms with Crippen molar-refractivity contribution in [1.29, 1.82) is 0 Å². The van der Waals surface area contributed by atoms with Gasteiger partial charge in [0.05, 0.1) is 11.3 Å². The van der Waals surface area contributed by atoms with Crippen molar-refractivity contribution in [3.8, 4) is 0 Å². The number of alkyl halides is 3. The summed E-state index contributed by atoms with van der Waals surface area (Å²) in [6, 6.07) is 1.71. The predicted molar refractivity (Wildman–Crippen MR) is 60.3 cm³/mol. The number of nitrogens with one attached hydrogen (secondary N) is 1. The molecule has 0 spiro atoms. The van der Waals surface area contributed by atoms with Crippen LogP contribution < -0.4 is 10.5 Å². The van der Waals surface area contributed by atoms with E-state index in [1.165, 1.54) is 0 Å². The van der Waals surface area contributed by atoms with Gasteiger partial charge in [-0.25, -0.2) is 18.5 Å². The SMILES string of the molecule is NS(=O)(=O)CCCNc1cc(C(F)(F)F)ccn1. The number of hydrogen-bond acceptors (Lipinski definition) is 4. The summed E-state index contributed by atoms with van der Waals surface area (Å²) in [6.45, 7) is 0.171. The van der Waals surface area contributed by atoms with Gasteiger partial charge in [0.2, 0.25) is 10.0 Å². The van der Waals surface area contributed by atoms with E-state index in [4.69, 9.17) is 5.14 Å². The summed E-state index contributed by atoms with van der Waals surface area (Å²) in [4.78, 5) is 3.70. The van der Waals surface area contributed by atoms with Crippen LogP contribution in [0.3, 0.4) is 0 Å². The molecule has 102 valence electrons. The van der Waals surface area contributed by atoms with E-state index in [-0.39, 0.29) is 24.5 Å². The van der Waals surface area contributed by atoms with Gasteiger partial charge in [-0.1, -0.05) is 0 Å². The fraction of sp³-hybridized carbons (Fsp3) is 0.444. The zero-order valence-electron chi connectivity index (χ0n) is 9.24. The number of rotatable bonds is 5. The van der Waals surface area contributed by atoms with Crippen molar-refractivity contribution < 1.29 is 21.6 Å². The van der Waals surface area contributed by atoms with E-state index in [2.05, 4.69) is 10.3 Å². The first-order valence-electron chi connectivity index (χ1n) is 4.96. The maximum absolute atomic E-state index is 12.4. The van der Waals surface area contributed by atoms with E-state index in [0.717, 1.165) is 18.3 Å². The molecule has 5 nitrogen and oxygen atoms in total. The summed E-state index contributed by atoms with van der Waals surface area (Å²) in [7, 11) is -3.55. The molecule has 0 fully saturated rings. The average molecular weight is 283 g/mol. The molecule has 0 aliphatic heterocycles. The monoisotopic (exact) mass is 283 g/mol. The molecule has 9 heteroatoms. The molecule has 0 bridgehead atoms. The third kappa shape index (κ3) is 5.32. The van der Waals surface area contributed by atoms with Crippen LogP contribution in [0.4, 0.5) is 19.0 Å². The molecule has 0 aliphatic rings. The van der Waals surface area contributed by atoms with E-state index in [0.29, 0.717) is 0 Å². The minimum Gasteiger partial charge on any atom is -0.370 e. The highest BCUT2D eigenvalue weighted by atomic mass is 32.2.